The van der Waals surface area contributed by atoms with Gasteiger partial charge < -0.3 is 5.32 Å². The van der Waals surface area contributed by atoms with Crippen LogP contribution in [0.2, 0.25) is 0 Å². The Morgan fingerprint density at radius 2 is 2.00 bits per heavy atom. The Bertz CT molecular complexity index is 506. The number of aromatic nitrogens is 1. The van der Waals surface area contributed by atoms with Gasteiger partial charge in [0.15, 0.2) is 0 Å². The molecule has 2 rings (SSSR count). The highest BCUT2D eigenvalue weighted by Gasteiger charge is 2.06. The quantitative estimate of drug-likeness (QED) is 0.884. The first-order valence-electron chi connectivity index (χ1n) is 6.37. The largest absolute Gasteiger partial charge is 0.305 e. The highest BCUT2D eigenvalue weighted by Crippen LogP contribution is 2.13. The van der Waals surface area contributed by atoms with E-state index in [-0.39, 0.29) is 6.04 Å². The highest BCUT2D eigenvalue weighted by molar-refractivity contribution is 5.30. The summed E-state index contributed by atoms with van der Waals surface area (Å²) < 4.78 is 0. The van der Waals surface area contributed by atoms with E-state index >= 15 is 0 Å². The molecule has 0 aliphatic carbocycles. The van der Waals surface area contributed by atoms with E-state index in [1.54, 1.807) is 0 Å². The van der Waals surface area contributed by atoms with Gasteiger partial charge in [0.2, 0.25) is 0 Å². The number of rotatable bonds is 4. The molecule has 0 radical (unpaired) electrons. The average Bonchev–Trinajstić information content (AvgIpc) is 2.38. The van der Waals surface area contributed by atoms with Crippen LogP contribution in [0.5, 0.6) is 0 Å². The summed E-state index contributed by atoms with van der Waals surface area (Å²) in [5.74, 6) is 0. The lowest BCUT2D eigenvalue weighted by Gasteiger charge is -2.14. The van der Waals surface area contributed by atoms with Gasteiger partial charge in [0.05, 0.1) is 5.69 Å². The molecule has 0 fully saturated rings. The Kier molecular flexibility index (Phi) is 4.11. The van der Waals surface area contributed by atoms with Crippen molar-refractivity contribution in [3.8, 4) is 0 Å². The van der Waals surface area contributed by atoms with Crippen molar-refractivity contribution in [3.63, 3.8) is 0 Å². The van der Waals surface area contributed by atoms with Crippen LogP contribution in [0, 0.1) is 13.8 Å². The van der Waals surface area contributed by atoms with Crippen LogP contribution < -0.4 is 5.32 Å². The van der Waals surface area contributed by atoms with E-state index in [1.807, 2.05) is 18.3 Å². The molecule has 2 nitrogen and oxygen atoms in total. The smallest absolute Gasteiger partial charge is 0.0570 e. The normalized spacial score (nSPS) is 12.4. The second-order valence-corrected chi connectivity index (χ2v) is 4.79. The van der Waals surface area contributed by atoms with Crippen LogP contribution >= 0.6 is 0 Å². The molecule has 0 bridgehead atoms. The summed E-state index contributed by atoms with van der Waals surface area (Å²) in [6, 6.07) is 12.9. The van der Waals surface area contributed by atoms with Crippen LogP contribution in [0.15, 0.2) is 42.6 Å². The molecule has 1 heterocycles. The van der Waals surface area contributed by atoms with Crippen molar-refractivity contribution in [1.29, 1.82) is 0 Å². The van der Waals surface area contributed by atoms with Gasteiger partial charge in [-0.25, -0.2) is 0 Å². The van der Waals surface area contributed by atoms with Gasteiger partial charge in [-0.15, -0.1) is 0 Å². The van der Waals surface area contributed by atoms with Gasteiger partial charge in [0.25, 0.3) is 0 Å². The SMILES string of the molecule is Cc1ccc(CNC(C)c2ccccn2)c(C)c1. The molecule has 2 aromatic rings. The van der Waals surface area contributed by atoms with E-state index < -0.39 is 0 Å². The fourth-order valence-corrected chi connectivity index (χ4v) is 2.04. The molecule has 0 aliphatic rings. The van der Waals surface area contributed by atoms with Crippen molar-refractivity contribution in [1.82, 2.24) is 10.3 Å². The molecule has 1 aromatic carbocycles. The molecule has 1 atom stereocenters. The zero-order valence-corrected chi connectivity index (χ0v) is 11.3. The lowest BCUT2D eigenvalue weighted by molar-refractivity contribution is 0.560. The monoisotopic (exact) mass is 240 g/mol. The van der Waals surface area contributed by atoms with Gasteiger partial charge in [-0.1, -0.05) is 29.8 Å². The third-order valence-corrected chi connectivity index (χ3v) is 3.23. The summed E-state index contributed by atoms with van der Waals surface area (Å²) in [5, 5.41) is 3.51. The number of hydrogen-bond acceptors (Lipinski definition) is 2. The minimum atomic E-state index is 0.270. The molecule has 1 aromatic heterocycles. The van der Waals surface area contributed by atoms with E-state index in [4.69, 9.17) is 0 Å². The first kappa shape index (κ1) is 12.8. The summed E-state index contributed by atoms with van der Waals surface area (Å²) in [6.45, 7) is 7.31. The number of aryl methyl sites for hydroxylation is 2. The molecule has 0 amide bonds. The molecule has 1 N–H and O–H groups in total. The van der Waals surface area contributed by atoms with Gasteiger partial charge >= 0.3 is 0 Å². The molecular weight excluding hydrogens is 220 g/mol. The number of nitrogens with one attached hydrogen (secondary N) is 1. The molecule has 18 heavy (non-hydrogen) atoms. The maximum Gasteiger partial charge on any atom is 0.0570 e. The second kappa shape index (κ2) is 5.78. The van der Waals surface area contributed by atoms with E-state index in [2.05, 4.69) is 55.3 Å². The lowest BCUT2D eigenvalue weighted by atomic mass is 10.1. The van der Waals surface area contributed by atoms with E-state index in [0.29, 0.717) is 0 Å². The first-order chi connectivity index (χ1) is 8.66. The highest BCUT2D eigenvalue weighted by atomic mass is 14.9. The van der Waals surface area contributed by atoms with E-state index in [0.717, 1.165) is 12.2 Å². The average molecular weight is 240 g/mol. The Balaban J connectivity index is 1.99. The van der Waals surface area contributed by atoms with E-state index in [9.17, 15) is 0 Å². The fourth-order valence-electron chi connectivity index (χ4n) is 2.04. The number of nitrogens with zero attached hydrogens (tertiary/aromatic N) is 1. The molecular formula is C16H20N2. The fraction of sp³-hybridized carbons (Fsp3) is 0.312. The summed E-state index contributed by atoms with van der Waals surface area (Å²) in [7, 11) is 0. The van der Waals surface area contributed by atoms with Gasteiger partial charge in [0.1, 0.15) is 0 Å². The maximum atomic E-state index is 4.36. The van der Waals surface area contributed by atoms with Crippen LogP contribution in [-0.4, -0.2) is 4.98 Å². The van der Waals surface area contributed by atoms with Gasteiger partial charge in [0, 0.05) is 18.8 Å². The van der Waals surface area contributed by atoms with Crippen molar-refractivity contribution in [2.75, 3.05) is 0 Å². The van der Waals surface area contributed by atoms with Crippen LogP contribution in [0.25, 0.3) is 0 Å². The lowest BCUT2D eigenvalue weighted by Crippen LogP contribution is -2.19. The second-order valence-electron chi connectivity index (χ2n) is 4.79. The Hall–Kier alpha value is -1.67. The molecule has 0 saturated heterocycles. The molecule has 94 valence electrons. The standard InChI is InChI=1S/C16H20N2/c1-12-7-8-15(13(2)10-12)11-18-14(3)16-6-4-5-9-17-16/h4-10,14,18H,11H2,1-3H3. The van der Waals surface area contributed by atoms with E-state index in [1.165, 1.54) is 16.7 Å². The van der Waals surface area contributed by atoms with Crippen LogP contribution in [0.3, 0.4) is 0 Å². The number of benzene rings is 1. The first-order valence-corrected chi connectivity index (χ1v) is 6.37. The van der Waals surface area contributed by atoms with Crippen LogP contribution in [0.1, 0.15) is 35.3 Å². The third kappa shape index (κ3) is 3.17. The van der Waals surface area contributed by atoms with Crippen molar-refractivity contribution in [2.45, 2.75) is 33.4 Å². The Labute approximate surface area is 109 Å². The summed E-state index contributed by atoms with van der Waals surface area (Å²) >= 11 is 0. The summed E-state index contributed by atoms with van der Waals surface area (Å²) in [6.07, 6.45) is 1.84. The van der Waals surface area contributed by atoms with Crippen molar-refractivity contribution in [2.24, 2.45) is 0 Å². The number of hydrogen-bond donors (Lipinski definition) is 1. The molecule has 0 spiro atoms. The van der Waals surface area contributed by atoms with Gasteiger partial charge in [-0.3, -0.25) is 4.98 Å². The maximum absolute atomic E-state index is 4.36. The van der Waals surface area contributed by atoms with Crippen LogP contribution in [0.4, 0.5) is 0 Å². The summed E-state index contributed by atoms with van der Waals surface area (Å²) in [4.78, 5) is 4.36. The third-order valence-electron chi connectivity index (χ3n) is 3.23. The molecule has 2 heteroatoms. The van der Waals surface area contributed by atoms with Gasteiger partial charge in [-0.05, 0) is 44.0 Å². The van der Waals surface area contributed by atoms with Gasteiger partial charge in [-0.2, -0.15) is 0 Å². The zero-order valence-electron chi connectivity index (χ0n) is 11.3. The summed E-state index contributed by atoms with van der Waals surface area (Å²) in [5.41, 5.74) is 5.09. The topological polar surface area (TPSA) is 24.9 Å². The molecule has 1 unspecified atom stereocenters. The Morgan fingerprint density at radius 1 is 1.17 bits per heavy atom. The minimum Gasteiger partial charge on any atom is -0.305 e. The number of pyridine rings is 1. The minimum absolute atomic E-state index is 0.270. The zero-order chi connectivity index (χ0) is 13.0. The van der Waals surface area contributed by atoms with Crippen molar-refractivity contribution < 1.29 is 0 Å². The van der Waals surface area contributed by atoms with Crippen molar-refractivity contribution in [3.05, 3.63) is 65.0 Å². The Morgan fingerprint density at radius 3 is 2.67 bits per heavy atom. The van der Waals surface area contributed by atoms with Crippen molar-refractivity contribution >= 4 is 0 Å². The predicted molar refractivity (Wildman–Crippen MR) is 75.4 cm³/mol. The predicted octanol–water partition coefficient (Wildman–Crippen LogP) is 3.55. The van der Waals surface area contributed by atoms with Crippen LogP contribution in [-0.2, 0) is 6.54 Å². The molecule has 0 saturated carbocycles. The molecule has 0 aliphatic heterocycles.